The summed E-state index contributed by atoms with van der Waals surface area (Å²) in [5.41, 5.74) is 1.49. The molecule has 23 heavy (non-hydrogen) atoms. The van der Waals surface area contributed by atoms with Gasteiger partial charge in [0, 0.05) is 11.9 Å². The highest BCUT2D eigenvalue weighted by Gasteiger charge is 2.17. The first-order chi connectivity index (χ1) is 11.2. The van der Waals surface area contributed by atoms with Crippen molar-refractivity contribution in [2.75, 3.05) is 6.54 Å². The maximum Gasteiger partial charge on any atom is 0.233 e. The number of nitrogens with zero attached hydrogens (tertiary/aromatic N) is 2. The molecule has 1 N–H and O–H groups in total. The molecule has 1 aliphatic carbocycles. The highest BCUT2D eigenvalue weighted by atomic mass is 32.2. The second-order valence-corrected chi connectivity index (χ2v) is 7.95. The monoisotopic (exact) mass is 347 g/mol. The van der Waals surface area contributed by atoms with E-state index in [4.69, 9.17) is 0 Å². The van der Waals surface area contributed by atoms with Crippen LogP contribution in [0.3, 0.4) is 0 Å². The van der Waals surface area contributed by atoms with Crippen molar-refractivity contribution in [2.24, 2.45) is 0 Å². The molecule has 1 aliphatic rings. The van der Waals surface area contributed by atoms with Crippen LogP contribution >= 0.6 is 23.1 Å². The fourth-order valence-electron chi connectivity index (χ4n) is 2.70. The Hall–Kier alpha value is -1.40. The van der Waals surface area contributed by atoms with Crippen molar-refractivity contribution in [3.05, 3.63) is 29.4 Å². The van der Waals surface area contributed by atoms with E-state index in [2.05, 4.69) is 21.4 Å². The lowest BCUT2D eigenvalue weighted by molar-refractivity contribution is -0.120. The van der Waals surface area contributed by atoms with Crippen molar-refractivity contribution in [2.45, 2.75) is 49.3 Å². The van der Waals surface area contributed by atoms with Crippen LogP contribution in [-0.4, -0.2) is 27.7 Å². The van der Waals surface area contributed by atoms with E-state index >= 15 is 0 Å². The molecule has 0 aromatic carbocycles. The van der Waals surface area contributed by atoms with Gasteiger partial charge in [-0.15, -0.1) is 11.3 Å². The van der Waals surface area contributed by atoms with Gasteiger partial charge in [0.05, 0.1) is 5.25 Å². The Balaban J connectivity index is 1.51. The van der Waals surface area contributed by atoms with E-state index in [1.807, 2.05) is 18.4 Å². The third-order valence-electron chi connectivity index (χ3n) is 4.01. The average Bonchev–Trinajstić information content (AvgIpc) is 3.05. The van der Waals surface area contributed by atoms with Crippen molar-refractivity contribution in [3.63, 3.8) is 0 Å². The van der Waals surface area contributed by atoms with Crippen LogP contribution in [0.25, 0.3) is 10.2 Å². The quantitative estimate of drug-likeness (QED) is 0.484. The topological polar surface area (TPSA) is 54.9 Å². The molecular formula is C17H21N3OS2. The van der Waals surface area contributed by atoms with Gasteiger partial charge in [-0.3, -0.25) is 4.79 Å². The summed E-state index contributed by atoms with van der Waals surface area (Å²) in [6, 6.07) is 2.02. The molecule has 1 atom stereocenters. The minimum atomic E-state index is -0.159. The number of nitrogens with one attached hydrogen (secondary N) is 1. The number of hydrogen-bond acceptors (Lipinski definition) is 5. The van der Waals surface area contributed by atoms with Crippen molar-refractivity contribution in [1.29, 1.82) is 0 Å². The highest BCUT2D eigenvalue weighted by Crippen LogP contribution is 2.30. The van der Waals surface area contributed by atoms with Gasteiger partial charge in [-0.05, 0) is 50.5 Å². The van der Waals surface area contributed by atoms with Gasteiger partial charge in [0.15, 0.2) is 0 Å². The van der Waals surface area contributed by atoms with Gasteiger partial charge in [-0.1, -0.05) is 23.4 Å². The fourth-order valence-corrected chi connectivity index (χ4v) is 4.43. The fraction of sp³-hybridized carbons (Fsp3) is 0.471. The number of aromatic nitrogens is 2. The summed E-state index contributed by atoms with van der Waals surface area (Å²) in [6.07, 6.45) is 9.86. The van der Waals surface area contributed by atoms with Crippen LogP contribution in [0.4, 0.5) is 0 Å². The summed E-state index contributed by atoms with van der Waals surface area (Å²) in [6.45, 7) is 2.66. The third-order valence-corrected chi connectivity index (χ3v) is 5.95. The molecule has 1 unspecified atom stereocenters. The van der Waals surface area contributed by atoms with Gasteiger partial charge < -0.3 is 5.32 Å². The number of allylic oxidation sites excluding steroid dienone is 1. The lowest BCUT2D eigenvalue weighted by Crippen LogP contribution is -2.31. The van der Waals surface area contributed by atoms with Gasteiger partial charge in [-0.2, -0.15) is 0 Å². The molecule has 122 valence electrons. The predicted molar refractivity (Wildman–Crippen MR) is 96.9 cm³/mol. The van der Waals surface area contributed by atoms with Crippen LogP contribution in [0.2, 0.25) is 0 Å². The number of hydrogen-bond donors (Lipinski definition) is 1. The van der Waals surface area contributed by atoms with Crippen molar-refractivity contribution >= 4 is 39.2 Å². The van der Waals surface area contributed by atoms with Crippen LogP contribution in [0.15, 0.2) is 34.4 Å². The molecule has 0 saturated heterocycles. The molecule has 0 saturated carbocycles. The molecule has 0 aliphatic heterocycles. The zero-order valence-electron chi connectivity index (χ0n) is 13.2. The molecule has 2 heterocycles. The molecule has 6 heteroatoms. The second-order valence-electron chi connectivity index (χ2n) is 5.73. The number of carbonyl (C=O) groups excluding carboxylic acids is 1. The molecule has 2 aromatic rings. The largest absolute Gasteiger partial charge is 0.355 e. The van der Waals surface area contributed by atoms with E-state index in [9.17, 15) is 4.79 Å². The second kappa shape index (κ2) is 7.93. The Morgan fingerprint density at radius 2 is 2.35 bits per heavy atom. The van der Waals surface area contributed by atoms with Crippen LogP contribution < -0.4 is 5.32 Å². The van der Waals surface area contributed by atoms with E-state index < -0.39 is 0 Å². The minimum absolute atomic E-state index is 0.0772. The number of fused-ring (bicyclic) bond motifs is 1. The van der Waals surface area contributed by atoms with Gasteiger partial charge >= 0.3 is 0 Å². The maximum absolute atomic E-state index is 12.3. The Bertz CT molecular complexity index is 711. The van der Waals surface area contributed by atoms with Gasteiger partial charge in [0.2, 0.25) is 5.91 Å². The number of carbonyl (C=O) groups is 1. The van der Waals surface area contributed by atoms with E-state index in [1.165, 1.54) is 43.0 Å². The molecule has 4 nitrogen and oxygen atoms in total. The summed E-state index contributed by atoms with van der Waals surface area (Å²) in [4.78, 5) is 21.8. The predicted octanol–water partition coefficient (Wildman–Crippen LogP) is 4.18. The molecule has 0 bridgehead atoms. The summed E-state index contributed by atoms with van der Waals surface area (Å²) in [7, 11) is 0. The summed E-state index contributed by atoms with van der Waals surface area (Å²) >= 11 is 3.10. The summed E-state index contributed by atoms with van der Waals surface area (Å²) in [5, 5.41) is 6.82. The molecule has 1 amide bonds. The number of thioether (sulfide) groups is 1. The van der Waals surface area contributed by atoms with Gasteiger partial charge in [-0.25, -0.2) is 9.97 Å². The standard InChI is InChI=1S/C17H21N3OS2/c1-12(15(21)18-9-7-13-5-3-2-4-6-13)23-17-14-8-10-22-16(14)19-11-20-17/h5,8,10-12H,2-4,6-7,9H2,1H3,(H,18,21). The van der Waals surface area contributed by atoms with Gasteiger partial charge in [0.25, 0.3) is 0 Å². The molecule has 0 spiro atoms. The van der Waals surface area contributed by atoms with Crippen LogP contribution in [0.1, 0.15) is 39.0 Å². The van der Waals surface area contributed by atoms with E-state index in [1.54, 1.807) is 17.7 Å². The lowest BCUT2D eigenvalue weighted by Gasteiger charge is -2.15. The van der Waals surface area contributed by atoms with Crippen LogP contribution in [0, 0.1) is 0 Å². The molecule has 0 fully saturated rings. The van der Waals surface area contributed by atoms with Crippen LogP contribution in [0.5, 0.6) is 0 Å². The summed E-state index contributed by atoms with van der Waals surface area (Å²) < 4.78 is 0. The smallest absolute Gasteiger partial charge is 0.233 e. The first-order valence-corrected chi connectivity index (χ1v) is 9.80. The molecule has 0 radical (unpaired) electrons. The lowest BCUT2D eigenvalue weighted by atomic mass is 9.97. The van der Waals surface area contributed by atoms with Crippen molar-refractivity contribution in [3.8, 4) is 0 Å². The maximum atomic E-state index is 12.3. The molecule has 2 aromatic heterocycles. The first-order valence-electron chi connectivity index (χ1n) is 8.04. The average molecular weight is 348 g/mol. The summed E-state index contributed by atoms with van der Waals surface area (Å²) in [5.74, 6) is 0.0772. The normalized spacial score (nSPS) is 16.1. The number of thiophene rings is 1. The van der Waals surface area contributed by atoms with Gasteiger partial charge in [0.1, 0.15) is 16.2 Å². The Morgan fingerprint density at radius 1 is 1.43 bits per heavy atom. The Morgan fingerprint density at radius 3 is 3.17 bits per heavy atom. The number of amides is 1. The molecular weight excluding hydrogens is 326 g/mol. The number of rotatable bonds is 6. The highest BCUT2D eigenvalue weighted by molar-refractivity contribution is 8.00. The van der Waals surface area contributed by atoms with Crippen LogP contribution in [-0.2, 0) is 4.79 Å². The van der Waals surface area contributed by atoms with Crippen molar-refractivity contribution in [1.82, 2.24) is 15.3 Å². The van der Waals surface area contributed by atoms with E-state index in [0.29, 0.717) is 0 Å². The minimum Gasteiger partial charge on any atom is -0.355 e. The molecule has 3 rings (SSSR count). The zero-order chi connectivity index (χ0) is 16.1. The van der Waals surface area contributed by atoms with Crippen molar-refractivity contribution < 1.29 is 4.79 Å². The zero-order valence-corrected chi connectivity index (χ0v) is 14.9. The Kier molecular flexibility index (Phi) is 5.67. The van der Waals surface area contributed by atoms with E-state index in [0.717, 1.165) is 28.2 Å². The Labute approximate surface area is 144 Å². The first kappa shape index (κ1) is 16.5. The third kappa shape index (κ3) is 4.32. The van der Waals surface area contributed by atoms with E-state index in [-0.39, 0.29) is 11.2 Å². The SMILES string of the molecule is CC(Sc1ncnc2sccc12)C(=O)NCCC1=CCCCC1.